The van der Waals surface area contributed by atoms with Gasteiger partial charge in [-0.1, -0.05) is 90.9 Å². The first-order chi connectivity index (χ1) is 15.1. The quantitative estimate of drug-likeness (QED) is 0.219. The first-order valence-electron chi connectivity index (χ1n) is 12.4. The normalized spacial score (nSPS) is 13.9. The van der Waals surface area contributed by atoms with E-state index in [-0.39, 0.29) is 5.41 Å². The van der Waals surface area contributed by atoms with Gasteiger partial charge in [0, 0.05) is 26.8 Å². The molecule has 2 nitrogen and oxygen atoms in total. The zero-order valence-corrected chi connectivity index (χ0v) is 22.5. The number of hydrogen-bond acceptors (Lipinski definition) is 2. The van der Waals surface area contributed by atoms with E-state index in [0.717, 1.165) is 20.3 Å². The maximum atomic E-state index is 4.84. The van der Waals surface area contributed by atoms with Crippen LogP contribution in [0.4, 0.5) is 0 Å². The van der Waals surface area contributed by atoms with E-state index < -0.39 is 0 Å². The molecule has 0 spiro atoms. The molecule has 1 aliphatic rings. The molecule has 2 aromatic heterocycles. The summed E-state index contributed by atoms with van der Waals surface area (Å²) in [5.74, 6) is 0. The lowest BCUT2D eigenvalue weighted by molar-refractivity contribution is 0.397. The maximum Gasteiger partial charge on any atom is 0.0931 e. The maximum absolute atomic E-state index is 4.84. The second-order valence-corrected chi connectivity index (χ2v) is 11.0. The van der Waals surface area contributed by atoms with Gasteiger partial charge >= 0.3 is 0 Å². The molecule has 0 saturated carbocycles. The van der Waals surface area contributed by atoms with Gasteiger partial charge in [0.25, 0.3) is 0 Å². The molecule has 170 valence electrons. The Hall–Kier alpha value is -0.740. The molecule has 0 unspecified atom stereocenters. The lowest BCUT2D eigenvalue weighted by Gasteiger charge is -2.32. The SMILES string of the molecule is CCCCCCCCC1(CCCCCCCC)c2cc(Br)cnc2-c2ncc(Br)cc21. The first-order valence-corrected chi connectivity index (χ1v) is 14.0. The molecule has 4 heteroatoms. The summed E-state index contributed by atoms with van der Waals surface area (Å²) >= 11 is 7.41. The van der Waals surface area contributed by atoms with Crippen LogP contribution in [-0.4, -0.2) is 9.97 Å². The Morgan fingerprint density at radius 3 is 1.42 bits per heavy atom. The summed E-state index contributed by atoms with van der Waals surface area (Å²) in [5.41, 5.74) is 5.04. The molecule has 0 bridgehead atoms. The Labute approximate surface area is 206 Å². The van der Waals surface area contributed by atoms with Gasteiger partial charge in [0.1, 0.15) is 0 Å². The standard InChI is InChI=1S/C27H38Br2N2/c1-3-5-7-9-11-13-15-27(16-14-12-10-8-6-4-2)23-17-21(28)19-30-25(23)26-24(27)18-22(29)20-31-26/h17-20H,3-16H2,1-2H3. The third kappa shape index (κ3) is 6.19. The average molecular weight is 550 g/mol. The number of halogens is 2. The van der Waals surface area contributed by atoms with Gasteiger partial charge in [-0.2, -0.15) is 0 Å². The predicted octanol–water partition coefficient (Wildman–Crippen LogP) is 9.77. The van der Waals surface area contributed by atoms with Crippen molar-refractivity contribution in [1.82, 2.24) is 9.97 Å². The van der Waals surface area contributed by atoms with Gasteiger partial charge < -0.3 is 0 Å². The summed E-state index contributed by atoms with van der Waals surface area (Å²) in [7, 11) is 0. The van der Waals surface area contributed by atoms with Crippen molar-refractivity contribution in [3.8, 4) is 11.4 Å². The largest absolute Gasteiger partial charge is 0.253 e. The van der Waals surface area contributed by atoms with Crippen molar-refractivity contribution < 1.29 is 0 Å². The van der Waals surface area contributed by atoms with Crippen molar-refractivity contribution in [1.29, 1.82) is 0 Å². The highest BCUT2D eigenvalue weighted by molar-refractivity contribution is 9.10. The lowest BCUT2D eigenvalue weighted by Crippen LogP contribution is -2.26. The zero-order valence-electron chi connectivity index (χ0n) is 19.4. The highest BCUT2D eigenvalue weighted by Crippen LogP contribution is 2.53. The lowest BCUT2D eigenvalue weighted by atomic mass is 9.71. The molecule has 1 aliphatic carbocycles. The minimum Gasteiger partial charge on any atom is -0.253 e. The van der Waals surface area contributed by atoms with Crippen LogP contribution in [0, 0.1) is 0 Å². The predicted molar refractivity (Wildman–Crippen MR) is 140 cm³/mol. The molecule has 0 atom stereocenters. The van der Waals surface area contributed by atoms with Crippen LogP contribution < -0.4 is 0 Å². The Morgan fingerprint density at radius 1 is 0.613 bits per heavy atom. The Kier molecular flexibility index (Phi) is 10.0. The minimum absolute atomic E-state index is 0.0493. The summed E-state index contributed by atoms with van der Waals surface area (Å²) < 4.78 is 2.15. The van der Waals surface area contributed by atoms with E-state index in [9.17, 15) is 0 Å². The molecule has 2 aromatic rings. The van der Waals surface area contributed by atoms with Crippen LogP contribution in [0.5, 0.6) is 0 Å². The van der Waals surface area contributed by atoms with Gasteiger partial charge in [0.2, 0.25) is 0 Å². The topological polar surface area (TPSA) is 25.8 Å². The summed E-state index contributed by atoms with van der Waals surface area (Å²) in [6, 6.07) is 4.65. The number of fused-ring (bicyclic) bond motifs is 3. The fourth-order valence-electron chi connectivity index (χ4n) is 5.21. The van der Waals surface area contributed by atoms with Crippen LogP contribution in [-0.2, 0) is 5.41 Å². The van der Waals surface area contributed by atoms with Gasteiger partial charge in [-0.05, 0) is 68.0 Å². The number of pyridine rings is 2. The Bertz CT molecular complexity index is 764. The van der Waals surface area contributed by atoms with E-state index in [2.05, 4.69) is 57.8 Å². The number of aromatic nitrogens is 2. The average Bonchev–Trinajstić information content (AvgIpc) is 3.02. The highest BCUT2D eigenvalue weighted by Gasteiger charge is 2.44. The van der Waals surface area contributed by atoms with Crippen LogP contribution in [0.25, 0.3) is 11.4 Å². The van der Waals surface area contributed by atoms with Gasteiger partial charge in [-0.15, -0.1) is 0 Å². The molecule has 0 aliphatic heterocycles. The summed E-state index contributed by atoms with van der Waals surface area (Å²) in [6.07, 6.45) is 22.2. The molecule has 0 N–H and O–H groups in total. The zero-order chi connectivity index (χ0) is 22.1. The molecule has 31 heavy (non-hydrogen) atoms. The molecule has 0 saturated heterocycles. The molecule has 0 aromatic carbocycles. The van der Waals surface area contributed by atoms with Crippen molar-refractivity contribution in [2.75, 3.05) is 0 Å². The second-order valence-electron chi connectivity index (χ2n) is 9.22. The van der Waals surface area contributed by atoms with Crippen LogP contribution >= 0.6 is 31.9 Å². The summed E-state index contributed by atoms with van der Waals surface area (Å²) in [6.45, 7) is 4.58. The number of hydrogen-bond donors (Lipinski definition) is 0. The van der Waals surface area contributed by atoms with E-state index in [1.54, 1.807) is 0 Å². The summed E-state index contributed by atoms with van der Waals surface area (Å²) in [4.78, 5) is 9.68. The number of unbranched alkanes of at least 4 members (excludes halogenated alkanes) is 10. The summed E-state index contributed by atoms with van der Waals surface area (Å²) in [5, 5.41) is 0. The van der Waals surface area contributed by atoms with Crippen LogP contribution in [0.2, 0.25) is 0 Å². The fraction of sp³-hybridized carbons (Fsp3) is 0.630. The fourth-order valence-corrected chi connectivity index (χ4v) is 5.87. The van der Waals surface area contributed by atoms with Crippen molar-refractivity contribution in [2.24, 2.45) is 0 Å². The molecule has 2 heterocycles. The van der Waals surface area contributed by atoms with E-state index in [1.165, 1.54) is 101 Å². The molecule has 3 rings (SSSR count). The first kappa shape index (κ1) is 24.9. The van der Waals surface area contributed by atoms with Crippen LogP contribution in [0.15, 0.2) is 33.5 Å². The van der Waals surface area contributed by atoms with Crippen LogP contribution in [0.3, 0.4) is 0 Å². The third-order valence-electron chi connectivity index (χ3n) is 6.88. The molecular formula is C27H38Br2N2. The van der Waals surface area contributed by atoms with Crippen molar-refractivity contribution >= 4 is 31.9 Å². The molecule has 0 fully saturated rings. The third-order valence-corrected chi connectivity index (χ3v) is 7.75. The number of nitrogens with zero attached hydrogens (tertiary/aromatic N) is 2. The van der Waals surface area contributed by atoms with Gasteiger partial charge in [0.05, 0.1) is 11.4 Å². The Balaban J connectivity index is 1.85. The highest BCUT2D eigenvalue weighted by atomic mass is 79.9. The van der Waals surface area contributed by atoms with Crippen molar-refractivity contribution in [3.05, 3.63) is 44.6 Å². The molecular weight excluding hydrogens is 512 g/mol. The molecule has 0 radical (unpaired) electrons. The van der Waals surface area contributed by atoms with Crippen molar-refractivity contribution in [2.45, 2.75) is 109 Å². The second kappa shape index (κ2) is 12.5. The van der Waals surface area contributed by atoms with Crippen LogP contribution in [0.1, 0.15) is 115 Å². The van der Waals surface area contributed by atoms with Crippen molar-refractivity contribution in [3.63, 3.8) is 0 Å². The van der Waals surface area contributed by atoms with Gasteiger partial charge in [0.15, 0.2) is 0 Å². The van der Waals surface area contributed by atoms with Gasteiger partial charge in [-0.3, -0.25) is 9.97 Å². The smallest absolute Gasteiger partial charge is 0.0931 e. The monoisotopic (exact) mass is 548 g/mol. The van der Waals surface area contributed by atoms with E-state index >= 15 is 0 Å². The molecule has 0 amide bonds. The number of rotatable bonds is 14. The Morgan fingerprint density at radius 2 is 1.00 bits per heavy atom. The van der Waals surface area contributed by atoms with E-state index in [0.29, 0.717) is 0 Å². The minimum atomic E-state index is 0.0493. The van der Waals surface area contributed by atoms with Gasteiger partial charge in [-0.25, -0.2) is 0 Å². The van der Waals surface area contributed by atoms with E-state index in [4.69, 9.17) is 9.97 Å². The van der Waals surface area contributed by atoms with E-state index in [1.807, 2.05) is 12.4 Å².